The summed E-state index contributed by atoms with van der Waals surface area (Å²) in [5.74, 6) is -0.147. The summed E-state index contributed by atoms with van der Waals surface area (Å²) in [6.45, 7) is 10.6. The predicted molar refractivity (Wildman–Crippen MR) is 57.9 cm³/mol. The minimum atomic E-state index is -0.276. The zero-order valence-corrected chi connectivity index (χ0v) is 9.76. The van der Waals surface area contributed by atoms with Crippen molar-refractivity contribution in [2.45, 2.75) is 46.1 Å². The molecule has 3 nitrogen and oxygen atoms in total. The van der Waals surface area contributed by atoms with Gasteiger partial charge in [0, 0.05) is 11.0 Å². The minimum absolute atomic E-state index is 0.147. The van der Waals surface area contributed by atoms with Crippen molar-refractivity contribution in [3.05, 3.63) is 0 Å². The fourth-order valence-electron chi connectivity index (χ4n) is 1.92. The normalized spacial score (nSPS) is 23.4. The lowest BCUT2D eigenvalue weighted by Crippen LogP contribution is -2.51. The Kier molecular flexibility index (Phi) is 2.91. The van der Waals surface area contributed by atoms with Gasteiger partial charge in [0.15, 0.2) is 0 Å². The maximum absolute atomic E-state index is 11.2. The molecule has 0 aromatic rings. The van der Waals surface area contributed by atoms with E-state index in [0.717, 1.165) is 25.9 Å². The van der Waals surface area contributed by atoms with Crippen LogP contribution in [0.15, 0.2) is 0 Å². The second kappa shape index (κ2) is 3.54. The van der Waals surface area contributed by atoms with Crippen LogP contribution in [0.25, 0.3) is 0 Å². The van der Waals surface area contributed by atoms with E-state index in [9.17, 15) is 4.79 Å². The van der Waals surface area contributed by atoms with Crippen LogP contribution < -0.4 is 5.73 Å². The van der Waals surface area contributed by atoms with Crippen molar-refractivity contribution in [2.75, 3.05) is 13.1 Å². The Labute approximate surface area is 86.6 Å². The molecular weight excluding hydrogens is 176 g/mol. The second-order valence-corrected chi connectivity index (χ2v) is 5.58. The highest BCUT2D eigenvalue weighted by Gasteiger charge is 2.37. The number of carbonyl (C=O) groups excluding carboxylic acids is 1. The summed E-state index contributed by atoms with van der Waals surface area (Å²) in [6, 6.07) is 0. The van der Waals surface area contributed by atoms with Crippen LogP contribution in [-0.4, -0.2) is 29.4 Å². The van der Waals surface area contributed by atoms with Crippen molar-refractivity contribution >= 4 is 5.91 Å². The summed E-state index contributed by atoms with van der Waals surface area (Å²) in [6.07, 6.45) is 1.78. The van der Waals surface area contributed by atoms with Gasteiger partial charge in [-0.05, 0) is 46.7 Å². The Morgan fingerprint density at radius 2 is 1.71 bits per heavy atom. The molecular formula is C11H22N2O. The lowest BCUT2D eigenvalue weighted by atomic mass is 9.79. The molecule has 0 radical (unpaired) electrons. The molecule has 0 saturated carbocycles. The smallest absolute Gasteiger partial charge is 0.223 e. The van der Waals surface area contributed by atoms with Gasteiger partial charge in [-0.15, -0.1) is 0 Å². The van der Waals surface area contributed by atoms with E-state index in [2.05, 4.69) is 25.7 Å². The van der Waals surface area contributed by atoms with Crippen molar-refractivity contribution in [1.29, 1.82) is 0 Å². The molecule has 82 valence electrons. The number of likely N-dealkylation sites (tertiary alicyclic amines) is 1. The first-order valence-electron chi connectivity index (χ1n) is 5.31. The molecule has 0 aromatic heterocycles. The zero-order valence-electron chi connectivity index (χ0n) is 9.76. The van der Waals surface area contributed by atoms with Crippen LogP contribution in [0.4, 0.5) is 0 Å². The Balaban J connectivity index is 2.59. The second-order valence-electron chi connectivity index (χ2n) is 5.58. The third-order valence-electron chi connectivity index (χ3n) is 3.41. The van der Waals surface area contributed by atoms with Crippen LogP contribution in [0.3, 0.4) is 0 Å². The van der Waals surface area contributed by atoms with E-state index in [-0.39, 0.29) is 16.9 Å². The van der Waals surface area contributed by atoms with Crippen molar-refractivity contribution in [3.8, 4) is 0 Å². The molecule has 1 aliphatic rings. The van der Waals surface area contributed by atoms with Gasteiger partial charge < -0.3 is 5.73 Å². The van der Waals surface area contributed by atoms with Gasteiger partial charge in [0.1, 0.15) is 0 Å². The van der Waals surface area contributed by atoms with E-state index in [0.29, 0.717) is 0 Å². The highest BCUT2D eigenvalue weighted by Crippen LogP contribution is 2.32. The number of amides is 1. The predicted octanol–water partition coefficient (Wildman–Crippen LogP) is 1.37. The number of carbonyl (C=O) groups is 1. The van der Waals surface area contributed by atoms with Gasteiger partial charge in [0.05, 0.1) is 0 Å². The largest absolute Gasteiger partial charge is 0.369 e. The maximum Gasteiger partial charge on any atom is 0.223 e. The maximum atomic E-state index is 11.2. The number of hydrogen-bond donors (Lipinski definition) is 1. The number of primary amides is 1. The van der Waals surface area contributed by atoms with E-state index in [1.54, 1.807) is 0 Å². The first-order valence-corrected chi connectivity index (χ1v) is 5.31. The molecule has 0 atom stereocenters. The molecule has 0 aliphatic carbocycles. The molecule has 3 heteroatoms. The van der Waals surface area contributed by atoms with E-state index in [1.807, 2.05) is 6.92 Å². The number of nitrogens with two attached hydrogens (primary N) is 1. The van der Waals surface area contributed by atoms with Crippen LogP contribution in [0, 0.1) is 5.41 Å². The zero-order chi connectivity index (χ0) is 11.0. The Hall–Kier alpha value is -0.570. The summed E-state index contributed by atoms with van der Waals surface area (Å²) < 4.78 is 0. The third-order valence-corrected chi connectivity index (χ3v) is 3.41. The molecule has 1 saturated heterocycles. The van der Waals surface area contributed by atoms with E-state index in [4.69, 9.17) is 5.73 Å². The molecule has 1 heterocycles. The van der Waals surface area contributed by atoms with Crippen LogP contribution >= 0.6 is 0 Å². The van der Waals surface area contributed by atoms with Crippen molar-refractivity contribution in [2.24, 2.45) is 11.1 Å². The lowest BCUT2D eigenvalue weighted by Gasteiger charge is -2.43. The van der Waals surface area contributed by atoms with E-state index < -0.39 is 0 Å². The summed E-state index contributed by atoms with van der Waals surface area (Å²) >= 11 is 0. The van der Waals surface area contributed by atoms with Crippen LogP contribution in [0.2, 0.25) is 0 Å². The first-order chi connectivity index (χ1) is 6.26. The standard InChI is InChI=1S/C11H22N2O/c1-10(2,3)13-7-5-11(4,6-8-13)9(12)14/h5-8H2,1-4H3,(H2,12,14). The number of nitrogens with zero attached hydrogens (tertiary/aromatic N) is 1. The van der Waals surface area contributed by atoms with Crippen LogP contribution in [0.1, 0.15) is 40.5 Å². The van der Waals surface area contributed by atoms with Gasteiger partial charge in [-0.1, -0.05) is 6.92 Å². The highest BCUT2D eigenvalue weighted by atomic mass is 16.1. The molecule has 0 bridgehead atoms. The van der Waals surface area contributed by atoms with Gasteiger partial charge in [-0.25, -0.2) is 0 Å². The Morgan fingerprint density at radius 1 is 1.29 bits per heavy atom. The summed E-state index contributed by atoms with van der Waals surface area (Å²) in [5, 5.41) is 0. The molecule has 0 aromatic carbocycles. The molecule has 1 rings (SSSR count). The summed E-state index contributed by atoms with van der Waals surface area (Å²) in [5.41, 5.74) is 5.33. The van der Waals surface area contributed by atoms with Gasteiger partial charge in [0.2, 0.25) is 5.91 Å². The van der Waals surface area contributed by atoms with Crippen molar-refractivity contribution in [1.82, 2.24) is 4.90 Å². The molecule has 1 amide bonds. The quantitative estimate of drug-likeness (QED) is 0.691. The van der Waals surface area contributed by atoms with Crippen LogP contribution in [0.5, 0.6) is 0 Å². The number of hydrogen-bond acceptors (Lipinski definition) is 2. The number of piperidine rings is 1. The summed E-state index contributed by atoms with van der Waals surface area (Å²) in [4.78, 5) is 13.7. The van der Waals surface area contributed by atoms with E-state index >= 15 is 0 Å². The average molecular weight is 198 g/mol. The molecule has 1 aliphatic heterocycles. The lowest BCUT2D eigenvalue weighted by molar-refractivity contribution is -0.130. The molecule has 14 heavy (non-hydrogen) atoms. The van der Waals surface area contributed by atoms with Gasteiger partial charge in [-0.3, -0.25) is 9.69 Å². The van der Waals surface area contributed by atoms with Gasteiger partial charge >= 0.3 is 0 Å². The number of rotatable bonds is 1. The Bertz CT molecular complexity index is 222. The molecule has 0 spiro atoms. The van der Waals surface area contributed by atoms with Crippen LogP contribution in [-0.2, 0) is 4.79 Å². The molecule has 0 unspecified atom stereocenters. The van der Waals surface area contributed by atoms with Crippen molar-refractivity contribution in [3.63, 3.8) is 0 Å². The minimum Gasteiger partial charge on any atom is -0.369 e. The fraction of sp³-hybridized carbons (Fsp3) is 0.909. The molecule has 1 fully saturated rings. The third kappa shape index (κ3) is 2.27. The first kappa shape index (κ1) is 11.5. The average Bonchev–Trinajstić information content (AvgIpc) is 2.03. The summed E-state index contributed by atoms with van der Waals surface area (Å²) in [7, 11) is 0. The van der Waals surface area contributed by atoms with E-state index in [1.165, 1.54) is 0 Å². The highest BCUT2D eigenvalue weighted by molar-refractivity contribution is 5.80. The van der Waals surface area contributed by atoms with Gasteiger partial charge in [-0.2, -0.15) is 0 Å². The Morgan fingerprint density at radius 3 is 2.00 bits per heavy atom. The monoisotopic (exact) mass is 198 g/mol. The fourth-order valence-corrected chi connectivity index (χ4v) is 1.92. The van der Waals surface area contributed by atoms with Crippen molar-refractivity contribution < 1.29 is 4.79 Å². The topological polar surface area (TPSA) is 46.3 Å². The molecule has 2 N–H and O–H groups in total. The SMILES string of the molecule is CC1(C(N)=O)CCN(C(C)(C)C)CC1. The van der Waals surface area contributed by atoms with Gasteiger partial charge in [0.25, 0.3) is 0 Å².